The van der Waals surface area contributed by atoms with E-state index in [1.165, 1.54) is 26.4 Å². The molecule has 4 aliphatic carbocycles. The van der Waals surface area contributed by atoms with E-state index in [9.17, 15) is 9.59 Å². The Labute approximate surface area is 145 Å². The molecule has 4 aliphatic rings. The van der Waals surface area contributed by atoms with Crippen LogP contribution in [0.4, 0.5) is 0 Å². The lowest BCUT2D eigenvalue weighted by Crippen LogP contribution is -2.59. The maximum absolute atomic E-state index is 13.2. The molecule has 4 saturated carbocycles. The van der Waals surface area contributed by atoms with E-state index in [4.69, 9.17) is 4.74 Å². The van der Waals surface area contributed by atoms with Gasteiger partial charge in [0.25, 0.3) is 0 Å². The molecule has 0 aromatic rings. The highest BCUT2D eigenvalue weighted by Crippen LogP contribution is 2.71. The predicted molar refractivity (Wildman–Crippen MR) is 92.2 cm³/mol. The fourth-order valence-electron chi connectivity index (χ4n) is 7.95. The van der Waals surface area contributed by atoms with Crippen molar-refractivity contribution in [1.82, 2.24) is 0 Å². The van der Waals surface area contributed by atoms with Gasteiger partial charge in [-0.3, -0.25) is 9.59 Å². The summed E-state index contributed by atoms with van der Waals surface area (Å²) in [6.07, 6.45) is 8.72. The van der Waals surface area contributed by atoms with Gasteiger partial charge in [-0.15, -0.1) is 0 Å². The molecule has 4 fully saturated rings. The van der Waals surface area contributed by atoms with Gasteiger partial charge >= 0.3 is 5.97 Å². The molecule has 0 N–H and O–H groups in total. The summed E-state index contributed by atoms with van der Waals surface area (Å²) in [4.78, 5) is 25.9. The maximum Gasteiger partial charge on any atom is 0.311 e. The minimum absolute atomic E-state index is 0.0332. The van der Waals surface area contributed by atoms with Gasteiger partial charge in [0.2, 0.25) is 0 Å². The van der Waals surface area contributed by atoms with Crippen molar-refractivity contribution in [3.63, 3.8) is 0 Å². The van der Waals surface area contributed by atoms with Gasteiger partial charge < -0.3 is 4.74 Å². The van der Waals surface area contributed by atoms with Gasteiger partial charge in [-0.1, -0.05) is 20.3 Å². The number of rotatable bonds is 1. The van der Waals surface area contributed by atoms with Crippen LogP contribution in [0.2, 0.25) is 0 Å². The number of ketones is 1. The van der Waals surface area contributed by atoms with E-state index in [1.807, 2.05) is 0 Å². The fourth-order valence-corrected chi connectivity index (χ4v) is 7.95. The Bertz CT molecular complexity index is 584. The van der Waals surface area contributed by atoms with E-state index >= 15 is 0 Å². The lowest BCUT2D eigenvalue weighted by molar-refractivity contribution is -0.185. The average molecular weight is 332 g/mol. The van der Waals surface area contributed by atoms with Gasteiger partial charge in [-0.05, 0) is 75.0 Å². The standard InChI is InChI=1S/C21H32O3/c1-13-14-6-7-16-19(2)9-5-10-20(3,18(23)24-4)15(19)8-11-21(16,12-14)17(13)22/h13-16H,5-12H2,1-4H3/t13-,14+,15-,16-,19+,20+,21+/m1/s1. The molecule has 0 aliphatic heterocycles. The first-order chi connectivity index (χ1) is 11.3. The van der Waals surface area contributed by atoms with Crippen molar-refractivity contribution < 1.29 is 14.3 Å². The van der Waals surface area contributed by atoms with E-state index in [2.05, 4.69) is 20.8 Å². The first-order valence-corrected chi connectivity index (χ1v) is 9.92. The molecule has 0 heterocycles. The van der Waals surface area contributed by atoms with E-state index in [1.54, 1.807) is 0 Å². The quantitative estimate of drug-likeness (QED) is 0.669. The van der Waals surface area contributed by atoms with Gasteiger partial charge in [0.05, 0.1) is 12.5 Å². The monoisotopic (exact) mass is 332 g/mol. The largest absolute Gasteiger partial charge is 0.469 e. The predicted octanol–water partition coefficient (Wildman–Crippen LogP) is 4.39. The van der Waals surface area contributed by atoms with E-state index in [0.717, 1.165) is 32.1 Å². The number of carbonyl (C=O) groups excluding carboxylic acids is 2. The molecule has 0 unspecified atom stereocenters. The molecule has 0 aromatic carbocycles. The number of hydrogen-bond acceptors (Lipinski definition) is 3. The number of Topliss-reactive ketones (excluding diaryl/α,β-unsaturated/α-hetero) is 1. The summed E-state index contributed by atoms with van der Waals surface area (Å²) in [6.45, 7) is 6.70. The zero-order valence-electron chi connectivity index (χ0n) is 15.7. The summed E-state index contributed by atoms with van der Waals surface area (Å²) in [5, 5.41) is 0. The topological polar surface area (TPSA) is 43.4 Å². The van der Waals surface area contributed by atoms with Gasteiger partial charge in [0.1, 0.15) is 5.78 Å². The van der Waals surface area contributed by atoms with Gasteiger partial charge in [0, 0.05) is 11.3 Å². The van der Waals surface area contributed by atoms with Crippen molar-refractivity contribution in [2.75, 3.05) is 7.11 Å². The van der Waals surface area contributed by atoms with Crippen LogP contribution < -0.4 is 0 Å². The number of hydrogen-bond donors (Lipinski definition) is 0. The van der Waals surface area contributed by atoms with Crippen molar-refractivity contribution >= 4 is 11.8 Å². The molecule has 3 heteroatoms. The number of esters is 1. The summed E-state index contributed by atoms with van der Waals surface area (Å²) in [5.74, 6) is 2.23. The Hall–Kier alpha value is -0.860. The van der Waals surface area contributed by atoms with Crippen LogP contribution in [-0.4, -0.2) is 18.9 Å². The van der Waals surface area contributed by atoms with Crippen molar-refractivity contribution in [1.29, 1.82) is 0 Å². The van der Waals surface area contributed by atoms with E-state index in [0.29, 0.717) is 23.5 Å². The number of ether oxygens (including phenoxy) is 1. The molecule has 134 valence electrons. The average Bonchev–Trinajstić information content (AvgIpc) is 2.74. The normalized spacial score (nSPS) is 53.2. The molecule has 24 heavy (non-hydrogen) atoms. The second-order valence-corrected chi connectivity index (χ2v) is 9.76. The third-order valence-corrected chi connectivity index (χ3v) is 9.03. The van der Waals surface area contributed by atoms with Gasteiger partial charge in [0.15, 0.2) is 0 Å². The fraction of sp³-hybridized carbons (Fsp3) is 0.905. The zero-order chi connectivity index (χ0) is 17.3. The lowest BCUT2D eigenvalue weighted by Gasteiger charge is -2.62. The second-order valence-electron chi connectivity index (χ2n) is 9.76. The number of methoxy groups -OCH3 is 1. The van der Waals surface area contributed by atoms with E-state index < -0.39 is 0 Å². The third kappa shape index (κ3) is 1.79. The van der Waals surface area contributed by atoms with Crippen molar-refractivity contribution in [2.24, 2.45) is 39.9 Å². The molecule has 0 saturated heterocycles. The Morgan fingerprint density at radius 1 is 1.08 bits per heavy atom. The van der Waals surface area contributed by atoms with Gasteiger partial charge in [-0.2, -0.15) is 0 Å². The lowest BCUT2D eigenvalue weighted by atomic mass is 9.41. The highest BCUT2D eigenvalue weighted by molar-refractivity contribution is 5.90. The Balaban J connectivity index is 1.76. The minimum Gasteiger partial charge on any atom is -0.469 e. The summed E-state index contributed by atoms with van der Waals surface area (Å²) < 4.78 is 5.21. The van der Waals surface area contributed by atoms with Crippen LogP contribution in [0.3, 0.4) is 0 Å². The van der Waals surface area contributed by atoms with Crippen LogP contribution in [0.25, 0.3) is 0 Å². The van der Waals surface area contributed by atoms with Crippen molar-refractivity contribution in [2.45, 2.75) is 72.1 Å². The summed E-state index contributed by atoms with van der Waals surface area (Å²) in [5.41, 5.74) is -0.320. The summed E-state index contributed by atoms with van der Waals surface area (Å²) in [6, 6.07) is 0. The second kappa shape index (κ2) is 5.08. The molecule has 0 amide bonds. The van der Waals surface area contributed by atoms with Crippen molar-refractivity contribution in [3.05, 3.63) is 0 Å². The van der Waals surface area contributed by atoms with E-state index in [-0.39, 0.29) is 28.1 Å². The highest BCUT2D eigenvalue weighted by Gasteiger charge is 2.68. The van der Waals surface area contributed by atoms with Crippen LogP contribution in [0.5, 0.6) is 0 Å². The first kappa shape index (κ1) is 16.6. The number of carbonyl (C=O) groups is 2. The molecule has 0 radical (unpaired) electrons. The SMILES string of the molecule is COC(=O)[C@@]1(C)CCC[C@@]2(C)[C@H]1CC[C@]13C[C@H](CC[C@@H]12)[C@@H](C)C3=O. The first-order valence-electron chi connectivity index (χ1n) is 9.92. The Morgan fingerprint density at radius 2 is 1.83 bits per heavy atom. The summed E-state index contributed by atoms with van der Waals surface area (Å²) in [7, 11) is 1.53. The minimum atomic E-state index is -0.368. The zero-order valence-corrected chi connectivity index (χ0v) is 15.7. The molecule has 7 atom stereocenters. The molecule has 0 aromatic heterocycles. The van der Waals surface area contributed by atoms with Crippen molar-refractivity contribution in [3.8, 4) is 0 Å². The molecular formula is C21H32O3. The Morgan fingerprint density at radius 3 is 2.54 bits per heavy atom. The van der Waals surface area contributed by atoms with Gasteiger partial charge in [-0.25, -0.2) is 0 Å². The van der Waals surface area contributed by atoms with Crippen LogP contribution in [0.1, 0.15) is 72.1 Å². The number of fused-ring (bicyclic) bond motifs is 3. The van der Waals surface area contributed by atoms with Crippen LogP contribution in [0, 0.1) is 39.9 Å². The third-order valence-electron chi connectivity index (χ3n) is 9.03. The smallest absolute Gasteiger partial charge is 0.311 e. The molecule has 2 bridgehead atoms. The Kier molecular flexibility index (Phi) is 3.51. The highest BCUT2D eigenvalue weighted by atomic mass is 16.5. The van der Waals surface area contributed by atoms with Crippen LogP contribution in [-0.2, 0) is 14.3 Å². The maximum atomic E-state index is 13.2. The molecular weight excluding hydrogens is 300 g/mol. The summed E-state index contributed by atoms with van der Waals surface area (Å²) >= 11 is 0. The molecule has 1 spiro atoms. The van der Waals surface area contributed by atoms with Crippen LogP contribution in [0.15, 0.2) is 0 Å². The molecule has 3 nitrogen and oxygen atoms in total. The van der Waals surface area contributed by atoms with Crippen LogP contribution >= 0.6 is 0 Å². The molecule has 4 rings (SSSR count).